The van der Waals surface area contributed by atoms with Crippen LogP contribution in [0.2, 0.25) is 0 Å². The van der Waals surface area contributed by atoms with Crippen molar-refractivity contribution >= 4 is 17.7 Å². The molecule has 2 aliphatic heterocycles. The van der Waals surface area contributed by atoms with E-state index in [9.17, 15) is 4.79 Å². The predicted octanol–water partition coefficient (Wildman–Crippen LogP) is 2.56. The summed E-state index contributed by atoms with van der Waals surface area (Å²) in [6.07, 6.45) is 7.44. The molecule has 6 heteroatoms. The first-order valence-electron chi connectivity index (χ1n) is 10.1. The first-order valence-corrected chi connectivity index (χ1v) is 11.1. The van der Waals surface area contributed by atoms with Gasteiger partial charge in [0, 0.05) is 23.9 Å². The second-order valence-corrected chi connectivity index (χ2v) is 9.64. The summed E-state index contributed by atoms with van der Waals surface area (Å²) in [5.74, 6) is 2.21. The zero-order chi connectivity index (χ0) is 17.8. The van der Waals surface area contributed by atoms with E-state index in [1.54, 1.807) is 0 Å². The van der Waals surface area contributed by atoms with Gasteiger partial charge in [0.25, 0.3) is 0 Å². The van der Waals surface area contributed by atoms with Crippen LogP contribution in [-0.4, -0.2) is 59.2 Å². The molecular formula is C19H35N3O2S. The highest BCUT2D eigenvalue weighted by Crippen LogP contribution is 2.29. The van der Waals surface area contributed by atoms with Crippen molar-refractivity contribution in [1.29, 1.82) is 0 Å². The van der Waals surface area contributed by atoms with Crippen molar-refractivity contribution in [2.24, 2.45) is 5.92 Å². The van der Waals surface area contributed by atoms with Gasteiger partial charge in [0.05, 0.1) is 12.1 Å². The Morgan fingerprint density at radius 3 is 2.36 bits per heavy atom. The lowest BCUT2D eigenvalue weighted by atomic mass is 9.89. The summed E-state index contributed by atoms with van der Waals surface area (Å²) >= 11 is 2.02. The van der Waals surface area contributed by atoms with E-state index in [0.717, 1.165) is 25.3 Å². The molecule has 3 unspecified atom stereocenters. The van der Waals surface area contributed by atoms with E-state index in [2.05, 4.69) is 36.5 Å². The van der Waals surface area contributed by atoms with Crippen LogP contribution in [0.3, 0.4) is 0 Å². The van der Waals surface area contributed by atoms with Crippen molar-refractivity contribution in [3.05, 3.63) is 0 Å². The van der Waals surface area contributed by atoms with Crippen molar-refractivity contribution in [2.75, 3.05) is 18.9 Å². The maximum Gasteiger partial charge on any atom is 0.248 e. The highest BCUT2D eigenvalue weighted by molar-refractivity contribution is 8.00. The minimum atomic E-state index is 0.167. The Morgan fingerprint density at radius 2 is 1.76 bits per heavy atom. The molecule has 0 radical (unpaired) electrons. The molecule has 0 aromatic carbocycles. The topological polar surface area (TPSA) is 53.6 Å². The molecule has 2 heterocycles. The molecule has 0 aromatic heterocycles. The van der Waals surface area contributed by atoms with Crippen molar-refractivity contribution in [3.63, 3.8) is 0 Å². The highest BCUT2D eigenvalue weighted by Gasteiger charge is 2.38. The second-order valence-electron chi connectivity index (χ2n) is 8.23. The Labute approximate surface area is 157 Å². The van der Waals surface area contributed by atoms with Crippen LogP contribution < -0.4 is 10.9 Å². The Hall–Kier alpha value is -0.300. The molecule has 2 N–H and O–H groups in total. The summed E-state index contributed by atoms with van der Waals surface area (Å²) in [7, 11) is 0. The van der Waals surface area contributed by atoms with Crippen LogP contribution in [0.5, 0.6) is 0 Å². The van der Waals surface area contributed by atoms with Crippen molar-refractivity contribution in [1.82, 2.24) is 15.8 Å². The molecule has 3 aliphatic rings. The van der Waals surface area contributed by atoms with Crippen LogP contribution in [0.25, 0.3) is 0 Å². The van der Waals surface area contributed by atoms with E-state index in [0.29, 0.717) is 5.25 Å². The molecule has 144 valence electrons. The molecule has 3 rings (SSSR count). The smallest absolute Gasteiger partial charge is 0.248 e. The summed E-state index contributed by atoms with van der Waals surface area (Å²) in [6.45, 7) is 7.73. The van der Waals surface area contributed by atoms with Gasteiger partial charge in [0.1, 0.15) is 6.61 Å². The number of carbonyl (C=O) groups is 1. The number of nitrogens with zero attached hydrogens (tertiary/aromatic N) is 1. The fourth-order valence-electron chi connectivity index (χ4n) is 4.47. The van der Waals surface area contributed by atoms with Gasteiger partial charge in [-0.2, -0.15) is 11.8 Å². The Bertz CT molecular complexity index is 426. The predicted molar refractivity (Wildman–Crippen MR) is 104 cm³/mol. The van der Waals surface area contributed by atoms with E-state index in [1.165, 1.54) is 31.4 Å². The fraction of sp³-hybridized carbons (Fsp3) is 0.947. The van der Waals surface area contributed by atoms with Gasteiger partial charge in [-0.3, -0.25) is 15.6 Å². The fourth-order valence-corrected chi connectivity index (χ4v) is 5.74. The van der Waals surface area contributed by atoms with Gasteiger partial charge in [-0.05, 0) is 64.0 Å². The Morgan fingerprint density at radius 1 is 1.08 bits per heavy atom. The lowest BCUT2D eigenvalue weighted by Gasteiger charge is -2.35. The van der Waals surface area contributed by atoms with Crippen molar-refractivity contribution in [3.8, 4) is 0 Å². The first-order chi connectivity index (χ1) is 12.0. The van der Waals surface area contributed by atoms with Gasteiger partial charge in [0.15, 0.2) is 0 Å². The molecule has 3 atom stereocenters. The molecule has 0 aromatic rings. The minimum absolute atomic E-state index is 0.167. The maximum atomic E-state index is 13.1. The summed E-state index contributed by atoms with van der Waals surface area (Å²) in [4.78, 5) is 15.2. The van der Waals surface area contributed by atoms with Crippen LogP contribution >= 0.6 is 11.8 Å². The number of nitrogens with one attached hydrogen (secondary N) is 2. The molecule has 3 fully saturated rings. The molecule has 0 spiro atoms. The lowest BCUT2D eigenvalue weighted by molar-refractivity contribution is -0.141. The van der Waals surface area contributed by atoms with E-state index in [-0.39, 0.29) is 36.7 Å². The number of hydrazine groups is 1. The number of carbonyl (C=O) groups excluding carboxylic acids is 1. The summed E-state index contributed by atoms with van der Waals surface area (Å²) in [5, 5.41) is 0.583. The van der Waals surface area contributed by atoms with Gasteiger partial charge in [-0.15, -0.1) is 0 Å². The lowest BCUT2D eigenvalue weighted by Crippen LogP contribution is -2.53. The third-order valence-electron chi connectivity index (χ3n) is 6.07. The van der Waals surface area contributed by atoms with Crippen molar-refractivity contribution in [2.45, 2.75) is 88.8 Å². The second kappa shape index (κ2) is 9.07. The third kappa shape index (κ3) is 5.12. The van der Waals surface area contributed by atoms with Gasteiger partial charge >= 0.3 is 0 Å². The summed E-state index contributed by atoms with van der Waals surface area (Å²) in [5.41, 5.74) is 6.60. The van der Waals surface area contributed by atoms with Gasteiger partial charge in [-0.1, -0.05) is 6.92 Å². The number of hydrogen-bond donors (Lipinski definition) is 2. The van der Waals surface area contributed by atoms with Crippen LogP contribution in [-0.2, 0) is 9.53 Å². The maximum absolute atomic E-state index is 13.1. The minimum Gasteiger partial charge on any atom is -0.368 e. The average molecular weight is 370 g/mol. The van der Waals surface area contributed by atoms with E-state index in [4.69, 9.17) is 4.74 Å². The standard InChI is InChI=1S/C19H35N3O2S/c1-13-6-8-16(9-7-13)24-12-18(23)22(11-17-5-4-10-25-17)19-14(2)20-21-15(19)3/h13-17,19-21H,4-12H2,1-3H3. The van der Waals surface area contributed by atoms with E-state index < -0.39 is 0 Å². The average Bonchev–Trinajstić information content (AvgIpc) is 3.22. The molecular weight excluding hydrogens is 334 g/mol. The van der Waals surface area contributed by atoms with Gasteiger partial charge in [-0.25, -0.2) is 0 Å². The monoisotopic (exact) mass is 369 g/mol. The van der Waals surface area contributed by atoms with Gasteiger partial charge < -0.3 is 9.64 Å². The third-order valence-corrected chi connectivity index (χ3v) is 7.45. The van der Waals surface area contributed by atoms with E-state index >= 15 is 0 Å². The zero-order valence-electron chi connectivity index (χ0n) is 16.0. The molecule has 1 aliphatic carbocycles. The molecule has 1 amide bonds. The van der Waals surface area contributed by atoms with Gasteiger partial charge in [0.2, 0.25) is 5.91 Å². The molecule has 2 saturated heterocycles. The van der Waals surface area contributed by atoms with Crippen LogP contribution in [0, 0.1) is 5.92 Å². The Balaban J connectivity index is 1.58. The SMILES string of the molecule is CC1CCC(OCC(=O)N(CC2CCCS2)C2C(C)NNC2C)CC1. The van der Waals surface area contributed by atoms with Crippen LogP contribution in [0.1, 0.15) is 59.3 Å². The largest absolute Gasteiger partial charge is 0.368 e. The molecule has 25 heavy (non-hydrogen) atoms. The number of rotatable bonds is 6. The number of hydrogen-bond acceptors (Lipinski definition) is 5. The highest BCUT2D eigenvalue weighted by atomic mass is 32.2. The Kier molecular flexibility index (Phi) is 7.06. The molecule has 5 nitrogen and oxygen atoms in total. The van der Waals surface area contributed by atoms with E-state index in [1.807, 2.05) is 11.8 Å². The quantitative estimate of drug-likeness (QED) is 0.754. The molecule has 1 saturated carbocycles. The summed E-state index contributed by atoms with van der Waals surface area (Å²) < 4.78 is 6.03. The summed E-state index contributed by atoms with van der Waals surface area (Å²) in [6, 6.07) is 0.727. The number of thioether (sulfide) groups is 1. The zero-order valence-corrected chi connectivity index (χ0v) is 16.8. The van der Waals surface area contributed by atoms with Crippen molar-refractivity contribution < 1.29 is 9.53 Å². The first kappa shape index (κ1) is 19.5. The number of ether oxygens (including phenoxy) is 1. The normalized spacial score (nSPS) is 38.8. The van der Waals surface area contributed by atoms with Crippen LogP contribution in [0.15, 0.2) is 0 Å². The van der Waals surface area contributed by atoms with Crippen LogP contribution in [0.4, 0.5) is 0 Å². The number of amides is 1. The molecule has 0 bridgehead atoms.